The summed E-state index contributed by atoms with van der Waals surface area (Å²) in [5.41, 5.74) is 0.965. The molecule has 0 aliphatic carbocycles. The maximum Gasteiger partial charge on any atom is 2.00 e. The third kappa shape index (κ3) is 3.38. The van der Waals surface area contributed by atoms with Crippen molar-refractivity contribution < 1.29 is 7.96 Å². The van der Waals surface area contributed by atoms with Crippen molar-refractivity contribution in [3.05, 3.63) is 35.9 Å². The van der Waals surface area contributed by atoms with Crippen LogP contribution >= 0.6 is 0 Å². The van der Waals surface area contributed by atoms with Crippen molar-refractivity contribution in [1.82, 2.24) is 0 Å². The molecule has 0 fully saturated rings. The smallest absolute Gasteiger partial charge is 1.00 e. The number of hydrogen-bond donors (Lipinski definition) is 1. The van der Waals surface area contributed by atoms with E-state index in [0.29, 0.717) is 0 Å². The Balaban J connectivity index is -0.000000213. The molecule has 0 unspecified atom stereocenters. The molecular formula is C7H10OSr. The average Bonchev–Trinajstić information content (AvgIpc) is 1.90. The van der Waals surface area contributed by atoms with Gasteiger partial charge in [-0.15, -0.1) is 0 Å². The van der Waals surface area contributed by atoms with E-state index in [0.717, 1.165) is 5.56 Å². The number of hydrogen-bond acceptors (Lipinski definition) is 1. The maximum absolute atomic E-state index is 8.54. The summed E-state index contributed by atoms with van der Waals surface area (Å²) in [7, 11) is 0. The van der Waals surface area contributed by atoms with Gasteiger partial charge in [-0.3, -0.25) is 0 Å². The molecular weight excluding hydrogens is 188 g/mol. The fourth-order valence-electron chi connectivity index (χ4n) is 0.583. The summed E-state index contributed by atoms with van der Waals surface area (Å²) < 4.78 is 0. The number of aliphatic hydroxyl groups is 1. The van der Waals surface area contributed by atoms with E-state index in [-0.39, 0.29) is 54.9 Å². The van der Waals surface area contributed by atoms with Crippen molar-refractivity contribution in [2.75, 3.05) is 0 Å². The van der Waals surface area contributed by atoms with E-state index in [4.69, 9.17) is 5.11 Å². The van der Waals surface area contributed by atoms with Crippen LogP contribution in [-0.2, 0) is 6.61 Å². The molecule has 0 saturated carbocycles. The average molecular weight is 198 g/mol. The quantitative estimate of drug-likeness (QED) is 0.667. The number of rotatable bonds is 1. The molecule has 1 nitrogen and oxygen atoms in total. The van der Waals surface area contributed by atoms with E-state index in [1.54, 1.807) is 0 Å². The standard InChI is InChI=1S/C7H8O.Sr.2H/c8-6-7-4-2-1-3-5-7;;;/h1-5,8H,6H2;;;/q;+2;2*-1. The molecule has 0 spiro atoms. The van der Waals surface area contributed by atoms with Crippen molar-refractivity contribution in [3.63, 3.8) is 0 Å². The first-order valence-electron chi connectivity index (χ1n) is 2.58. The van der Waals surface area contributed by atoms with Gasteiger partial charge >= 0.3 is 45.5 Å². The SMILES string of the molecule is OCc1ccccc1.[H-].[H-].[Sr+2]. The largest absolute Gasteiger partial charge is 2.00 e. The third-order valence-electron chi connectivity index (χ3n) is 1.03. The zero-order valence-electron chi connectivity index (χ0n) is 7.25. The van der Waals surface area contributed by atoms with Crippen molar-refractivity contribution in [2.24, 2.45) is 0 Å². The van der Waals surface area contributed by atoms with Gasteiger partial charge < -0.3 is 7.96 Å². The van der Waals surface area contributed by atoms with Crippen molar-refractivity contribution in [3.8, 4) is 0 Å². The minimum Gasteiger partial charge on any atom is -1.00 e. The van der Waals surface area contributed by atoms with Crippen molar-refractivity contribution in [1.29, 1.82) is 0 Å². The first-order chi connectivity index (χ1) is 3.93. The molecule has 46 valence electrons. The topological polar surface area (TPSA) is 20.2 Å². The molecule has 0 atom stereocenters. The summed E-state index contributed by atoms with van der Waals surface area (Å²) >= 11 is 0. The second-order valence-corrected chi connectivity index (χ2v) is 1.64. The molecule has 0 aromatic heterocycles. The fourth-order valence-corrected chi connectivity index (χ4v) is 0.583. The van der Waals surface area contributed by atoms with Gasteiger partial charge in [0.2, 0.25) is 0 Å². The van der Waals surface area contributed by atoms with E-state index in [1.807, 2.05) is 30.3 Å². The minimum atomic E-state index is 0. The Hall–Kier alpha value is 0.661. The van der Waals surface area contributed by atoms with Crippen LogP contribution in [-0.4, -0.2) is 50.6 Å². The van der Waals surface area contributed by atoms with E-state index < -0.39 is 0 Å². The van der Waals surface area contributed by atoms with Crippen LogP contribution in [0.15, 0.2) is 30.3 Å². The van der Waals surface area contributed by atoms with E-state index >= 15 is 0 Å². The number of benzene rings is 1. The van der Waals surface area contributed by atoms with Crippen LogP contribution in [0.25, 0.3) is 0 Å². The Labute approximate surface area is 94.9 Å². The molecule has 0 amide bonds. The Morgan fingerprint density at radius 2 is 1.78 bits per heavy atom. The zero-order chi connectivity index (χ0) is 5.82. The molecule has 1 aromatic carbocycles. The van der Waals surface area contributed by atoms with Crippen molar-refractivity contribution >= 4 is 45.5 Å². The Morgan fingerprint density at radius 1 is 1.22 bits per heavy atom. The molecule has 0 radical (unpaired) electrons. The molecule has 1 aromatic rings. The summed E-state index contributed by atoms with van der Waals surface area (Å²) in [5.74, 6) is 0. The Bertz CT molecular complexity index is 158. The van der Waals surface area contributed by atoms with E-state index in [1.165, 1.54) is 0 Å². The molecule has 1 N–H and O–H groups in total. The van der Waals surface area contributed by atoms with E-state index in [2.05, 4.69) is 0 Å². The summed E-state index contributed by atoms with van der Waals surface area (Å²) in [6, 6.07) is 9.52. The van der Waals surface area contributed by atoms with E-state index in [9.17, 15) is 0 Å². The first kappa shape index (κ1) is 9.66. The molecule has 1 rings (SSSR count). The first-order valence-corrected chi connectivity index (χ1v) is 2.58. The summed E-state index contributed by atoms with van der Waals surface area (Å²) in [4.78, 5) is 0. The monoisotopic (exact) mass is 198 g/mol. The van der Waals surface area contributed by atoms with Gasteiger partial charge in [-0.1, -0.05) is 30.3 Å². The minimum absolute atomic E-state index is 0. The van der Waals surface area contributed by atoms with Crippen LogP contribution in [0, 0.1) is 0 Å². The second kappa shape index (κ2) is 5.45. The number of aliphatic hydroxyl groups excluding tert-OH is 1. The normalized spacial score (nSPS) is 8.11. The van der Waals surface area contributed by atoms with Gasteiger partial charge in [-0.05, 0) is 5.56 Å². The Kier molecular flexibility index (Phi) is 5.85. The second-order valence-electron chi connectivity index (χ2n) is 1.64. The van der Waals surface area contributed by atoms with Gasteiger partial charge in [0.1, 0.15) is 0 Å². The van der Waals surface area contributed by atoms with Crippen LogP contribution in [0.3, 0.4) is 0 Å². The van der Waals surface area contributed by atoms with Gasteiger partial charge in [0.15, 0.2) is 0 Å². The van der Waals surface area contributed by atoms with Gasteiger partial charge in [-0.2, -0.15) is 0 Å². The van der Waals surface area contributed by atoms with Gasteiger partial charge in [0, 0.05) is 0 Å². The summed E-state index contributed by atoms with van der Waals surface area (Å²) in [5, 5.41) is 8.54. The van der Waals surface area contributed by atoms with Crippen LogP contribution in [0.2, 0.25) is 0 Å². The maximum atomic E-state index is 8.54. The van der Waals surface area contributed by atoms with Gasteiger partial charge in [0.25, 0.3) is 0 Å². The molecule has 0 bridgehead atoms. The predicted molar refractivity (Wildman–Crippen MR) is 40.3 cm³/mol. The fraction of sp³-hybridized carbons (Fsp3) is 0.143. The van der Waals surface area contributed by atoms with Crippen LogP contribution < -0.4 is 0 Å². The Morgan fingerprint density at radius 3 is 2.11 bits per heavy atom. The van der Waals surface area contributed by atoms with Gasteiger partial charge in [0.05, 0.1) is 6.61 Å². The molecule has 0 heterocycles. The summed E-state index contributed by atoms with van der Waals surface area (Å²) in [6.07, 6.45) is 0. The molecule has 9 heavy (non-hydrogen) atoms. The molecule has 0 saturated heterocycles. The molecule has 0 aliphatic heterocycles. The van der Waals surface area contributed by atoms with Crippen LogP contribution in [0.1, 0.15) is 8.42 Å². The summed E-state index contributed by atoms with van der Waals surface area (Å²) in [6.45, 7) is 0.140. The van der Waals surface area contributed by atoms with Crippen molar-refractivity contribution in [2.45, 2.75) is 6.61 Å². The van der Waals surface area contributed by atoms with Crippen LogP contribution in [0.4, 0.5) is 0 Å². The third-order valence-corrected chi connectivity index (χ3v) is 1.03. The van der Waals surface area contributed by atoms with Gasteiger partial charge in [-0.25, -0.2) is 0 Å². The molecule has 2 heteroatoms. The van der Waals surface area contributed by atoms with Crippen LogP contribution in [0.5, 0.6) is 0 Å². The molecule has 0 aliphatic rings. The predicted octanol–water partition coefficient (Wildman–Crippen LogP) is 1.02. The zero-order valence-corrected chi connectivity index (χ0v) is 8.72.